The summed E-state index contributed by atoms with van der Waals surface area (Å²) in [7, 11) is 0. The van der Waals surface area contributed by atoms with Crippen LogP contribution < -0.4 is 5.32 Å². The van der Waals surface area contributed by atoms with Crippen molar-refractivity contribution in [2.24, 2.45) is 0 Å². The standard InChI is InChI=1S/C15H14ClNO2/c16-13-8-4-5-9-14(13)17-10-12(15(18)19)11-6-2-1-3-7-11/h1-9,12,17H,10H2,(H,18,19). The molecule has 2 aromatic rings. The number of nitrogens with one attached hydrogen (secondary N) is 1. The molecule has 4 heteroatoms. The van der Waals surface area contributed by atoms with Gasteiger partial charge in [-0.25, -0.2) is 0 Å². The third-order valence-electron chi connectivity index (χ3n) is 2.87. The molecule has 0 aliphatic rings. The van der Waals surface area contributed by atoms with Crippen molar-refractivity contribution in [1.82, 2.24) is 0 Å². The lowest BCUT2D eigenvalue weighted by Gasteiger charge is -2.15. The molecule has 0 aliphatic heterocycles. The molecule has 0 bridgehead atoms. The van der Waals surface area contributed by atoms with E-state index in [1.807, 2.05) is 48.5 Å². The molecule has 2 aromatic carbocycles. The second-order valence-electron chi connectivity index (χ2n) is 4.16. The third-order valence-corrected chi connectivity index (χ3v) is 3.20. The minimum atomic E-state index is -0.856. The lowest BCUT2D eigenvalue weighted by Crippen LogP contribution is -2.21. The van der Waals surface area contributed by atoms with Crippen LogP contribution >= 0.6 is 11.6 Å². The normalized spacial score (nSPS) is 11.8. The van der Waals surface area contributed by atoms with Gasteiger partial charge in [-0.15, -0.1) is 0 Å². The van der Waals surface area contributed by atoms with Crippen molar-refractivity contribution in [2.45, 2.75) is 5.92 Å². The van der Waals surface area contributed by atoms with E-state index >= 15 is 0 Å². The van der Waals surface area contributed by atoms with Crippen molar-refractivity contribution in [3.63, 3.8) is 0 Å². The molecule has 0 radical (unpaired) electrons. The molecule has 0 heterocycles. The highest BCUT2D eigenvalue weighted by Crippen LogP contribution is 2.23. The maximum atomic E-state index is 11.3. The minimum Gasteiger partial charge on any atom is -0.481 e. The van der Waals surface area contributed by atoms with Gasteiger partial charge in [-0.05, 0) is 17.7 Å². The molecule has 0 spiro atoms. The van der Waals surface area contributed by atoms with Crippen molar-refractivity contribution in [3.8, 4) is 0 Å². The number of benzene rings is 2. The summed E-state index contributed by atoms with van der Waals surface area (Å²) in [5, 5.41) is 13.0. The van der Waals surface area contributed by atoms with E-state index in [9.17, 15) is 9.90 Å². The van der Waals surface area contributed by atoms with Crippen molar-refractivity contribution in [1.29, 1.82) is 0 Å². The van der Waals surface area contributed by atoms with E-state index in [1.54, 1.807) is 6.07 Å². The first-order valence-electron chi connectivity index (χ1n) is 5.94. The smallest absolute Gasteiger partial charge is 0.312 e. The zero-order chi connectivity index (χ0) is 13.7. The molecule has 2 N–H and O–H groups in total. The van der Waals surface area contributed by atoms with Gasteiger partial charge < -0.3 is 10.4 Å². The summed E-state index contributed by atoms with van der Waals surface area (Å²) in [6, 6.07) is 16.4. The maximum absolute atomic E-state index is 11.3. The first-order chi connectivity index (χ1) is 9.18. The van der Waals surface area contributed by atoms with Crippen LogP contribution in [0.5, 0.6) is 0 Å². The number of aliphatic carboxylic acids is 1. The fourth-order valence-electron chi connectivity index (χ4n) is 1.85. The van der Waals surface area contributed by atoms with E-state index in [2.05, 4.69) is 5.32 Å². The lowest BCUT2D eigenvalue weighted by atomic mass is 9.99. The Labute approximate surface area is 116 Å². The number of carboxylic acids is 1. The second kappa shape index (κ2) is 6.25. The predicted octanol–water partition coefficient (Wildman–Crippen LogP) is 3.62. The zero-order valence-corrected chi connectivity index (χ0v) is 11.0. The van der Waals surface area contributed by atoms with E-state index in [-0.39, 0.29) is 0 Å². The van der Waals surface area contributed by atoms with Gasteiger partial charge in [-0.1, -0.05) is 54.1 Å². The number of para-hydroxylation sites is 1. The highest BCUT2D eigenvalue weighted by atomic mass is 35.5. The number of carboxylic acid groups (broad SMARTS) is 1. The summed E-state index contributed by atoms with van der Waals surface area (Å²) in [4.78, 5) is 11.3. The van der Waals surface area contributed by atoms with Gasteiger partial charge >= 0.3 is 5.97 Å². The predicted molar refractivity (Wildman–Crippen MR) is 76.8 cm³/mol. The van der Waals surface area contributed by atoms with Gasteiger partial charge in [0.1, 0.15) is 0 Å². The van der Waals surface area contributed by atoms with Crippen LogP contribution in [0, 0.1) is 0 Å². The van der Waals surface area contributed by atoms with Gasteiger partial charge in [-0.2, -0.15) is 0 Å². The van der Waals surface area contributed by atoms with Crippen molar-refractivity contribution >= 4 is 23.3 Å². The molecule has 0 saturated carbocycles. The molecule has 0 amide bonds. The van der Waals surface area contributed by atoms with E-state index in [0.29, 0.717) is 11.6 Å². The Kier molecular flexibility index (Phi) is 4.42. The summed E-state index contributed by atoms with van der Waals surface area (Å²) >= 11 is 6.02. The Balaban J connectivity index is 2.11. The number of carbonyl (C=O) groups is 1. The molecule has 1 unspecified atom stereocenters. The summed E-state index contributed by atoms with van der Waals surface area (Å²) in [5.74, 6) is -1.46. The molecule has 2 rings (SSSR count). The number of hydrogen-bond donors (Lipinski definition) is 2. The molecule has 0 fully saturated rings. The van der Waals surface area contributed by atoms with E-state index in [4.69, 9.17) is 11.6 Å². The Hall–Kier alpha value is -2.00. The van der Waals surface area contributed by atoms with Crippen LogP contribution in [0.25, 0.3) is 0 Å². The summed E-state index contributed by atoms with van der Waals surface area (Å²) in [5.41, 5.74) is 1.51. The van der Waals surface area contributed by atoms with Gasteiger partial charge in [0.2, 0.25) is 0 Å². The van der Waals surface area contributed by atoms with Crippen molar-refractivity contribution in [3.05, 3.63) is 65.2 Å². The fourth-order valence-corrected chi connectivity index (χ4v) is 2.05. The minimum absolute atomic E-state index is 0.295. The zero-order valence-electron chi connectivity index (χ0n) is 10.2. The SMILES string of the molecule is O=C(O)C(CNc1ccccc1Cl)c1ccccc1. The van der Waals surface area contributed by atoms with Crippen LogP contribution in [0.3, 0.4) is 0 Å². The monoisotopic (exact) mass is 275 g/mol. The Morgan fingerprint density at radius 3 is 2.37 bits per heavy atom. The molecule has 98 valence electrons. The maximum Gasteiger partial charge on any atom is 0.312 e. The van der Waals surface area contributed by atoms with Crippen LogP contribution in [-0.4, -0.2) is 17.6 Å². The van der Waals surface area contributed by atoms with Crippen LogP contribution in [0.2, 0.25) is 5.02 Å². The average molecular weight is 276 g/mol. The van der Waals surface area contributed by atoms with Gasteiger partial charge in [0.15, 0.2) is 0 Å². The molecule has 0 aromatic heterocycles. The lowest BCUT2D eigenvalue weighted by molar-refractivity contribution is -0.138. The first-order valence-corrected chi connectivity index (χ1v) is 6.32. The molecule has 0 saturated heterocycles. The molecular weight excluding hydrogens is 262 g/mol. The molecule has 19 heavy (non-hydrogen) atoms. The van der Waals surface area contributed by atoms with Crippen LogP contribution in [0.4, 0.5) is 5.69 Å². The average Bonchev–Trinajstić information content (AvgIpc) is 2.42. The Morgan fingerprint density at radius 2 is 1.74 bits per heavy atom. The largest absolute Gasteiger partial charge is 0.481 e. The van der Waals surface area contributed by atoms with Crippen molar-refractivity contribution < 1.29 is 9.90 Å². The van der Waals surface area contributed by atoms with E-state index < -0.39 is 11.9 Å². The van der Waals surface area contributed by atoms with Gasteiger partial charge in [0.25, 0.3) is 0 Å². The van der Waals surface area contributed by atoms with Gasteiger partial charge in [0.05, 0.1) is 16.6 Å². The number of anilines is 1. The summed E-state index contributed by atoms with van der Waals surface area (Å²) < 4.78 is 0. The third kappa shape index (κ3) is 3.48. The fraction of sp³-hybridized carbons (Fsp3) is 0.133. The molecule has 0 aliphatic carbocycles. The first kappa shape index (κ1) is 13.4. The van der Waals surface area contributed by atoms with E-state index in [0.717, 1.165) is 11.3 Å². The van der Waals surface area contributed by atoms with Gasteiger partial charge in [0, 0.05) is 6.54 Å². The topological polar surface area (TPSA) is 49.3 Å². The number of rotatable bonds is 5. The molecule has 3 nitrogen and oxygen atoms in total. The summed E-state index contributed by atoms with van der Waals surface area (Å²) in [6.45, 7) is 0.295. The van der Waals surface area contributed by atoms with Crippen LogP contribution in [-0.2, 0) is 4.79 Å². The van der Waals surface area contributed by atoms with Crippen LogP contribution in [0.1, 0.15) is 11.5 Å². The Bertz CT molecular complexity index is 557. The number of hydrogen-bond acceptors (Lipinski definition) is 2. The molecule has 1 atom stereocenters. The van der Waals surface area contributed by atoms with Gasteiger partial charge in [-0.3, -0.25) is 4.79 Å². The second-order valence-corrected chi connectivity index (χ2v) is 4.57. The van der Waals surface area contributed by atoms with Crippen molar-refractivity contribution in [2.75, 3.05) is 11.9 Å². The Morgan fingerprint density at radius 1 is 1.11 bits per heavy atom. The highest BCUT2D eigenvalue weighted by Gasteiger charge is 2.19. The summed E-state index contributed by atoms with van der Waals surface area (Å²) in [6.07, 6.45) is 0. The highest BCUT2D eigenvalue weighted by molar-refractivity contribution is 6.33. The number of halogens is 1. The molecular formula is C15H14ClNO2. The quantitative estimate of drug-likeness (QED) is 0.876. The van der Waals surface area contributed by atoms with E-state index in [1.165, 1.54) is 0 Å². The van der Waals surface area contributed by atoms with Crippen LogP contribution in [0.15, 0.2) is 54.6 Å².